The van der Waals surface area contributed by atoms with Crippen LogP contribution in [0.2, 0.25) is 0 Å². The van der Waals surface area contributed by atoms with Gasteiger partial charge in [-0.25, -0.2) is 4.98 Å². The summed E-state index contributed by atoms with van der Waals surface area (Å²) in [4.78, 5) is 18.8. The van der Waals surface area contributed by atoms with Crippen molar-refractivity contribution in [2.24, 2.45) is 7.05 Å². The zero-order valence-electron chi connectivity index (χ0n) is 12.2. The van der Waals surface area contributed by atoms with Gasteiger partial charge in [0.1, 0.15) is 11.9 Å². The second-order valence-electron chi connectivity index (χ2n) is 4.72. The van der Waals surface area contributed by atoms with Crippen LogP contribution in [0.3, 0.4) is 0 Å². The Morgan fingerprint density at radius 2 is 2.15 bits per heavy atom. The van der Waals surface area contributed by atoms with Gasteiger partial charge in [-0.15, -0.1) is 0 Å². The van der Waals surface area contributed by atoms with Gasteiger partial charge in [0.05, 0.1) is 6.54 Å². The molecule has 0 radical (unpaired) electrons. The average Bonchev–Trinajstić information content (AvgIpc) is 3.09. The summed E-state index contributed by atoms with van der Waals surface area (Å²) < 4.78 is 3.66. The molecule has 6 heteroatoms. The molecule has 0 aliphatic rings. The van der Waals surface area contributed by atoms with Crippen LogP contribution in [0.5, 0.6) is 0 Å². The van der Waals surface area contributed by atoms with E-state index in [1.54, 1.807) is 17.1 Å². The number of rotatable bonds is 6. The lowest BCUT2D eigenvalue weighted by Crippen LogP contribution is -2.37. The Kier molecular flexibility index (Phi) is 4.55. The zero-order chi connectivity index (χ0) is 14.5. The highest BCUT2D eigenvalue weighted by molar-refractivity contribution is 5.80. The molecule has 6 nitrogen and oxygen atoms in total. The molecule has 0 fully saturated rings. The summed E-state index contributed by atoms with van der Waals surface area (Å²) in [6.45, 7) is 5.16. The molecule has 0 saturated heterocycles. The van der Waals surface area contributed by atoms with Gasteiger partial charge in [-0.3, -0.25) is 9.48 Å². The predicted octanol–water partition coefficient (Wildman–Crippen LogP) is 1.62. The van der Waals surface area contributed by atoms with Crippen LogP contribution < -0.4 is 0 Å². The van der Waals surface area contributed by atoms with Crippen LogP contribution in [-0.2, 0) is 18.4 Å². The molecule has 0 spiro atoms. The lowest BCUT2D eigenvalue weighted by Gasteiger charge is -2.25. The number of carbonyl (C=O) groups excluding carboxylic acids is 1. The molecule has 0 aliphatic carbocycles. The molecule has 2 aromatic heterocycles. The number of carbonyl (C=O) groups is 1. The molecule has 1 amide bonds. The molecule has 1 atom stereocenters. The fraction of sp³-hybridized carbons (Fsp3) is 0.500. The largest absolute Gasteiger partial charge is 0.337 e. The van der Waals surface area contributed by atoms with Crippen LogP contribution in [0, 0.1) is 0 Å². The van der Waals surface area contributed by atoms with E-state index in [2.05, 4.69) is 10.1 Å². The van der Waals surface area contributed by atoms with Crippen molar-refractivity contribution in [3.05, 3.63) is 36.7 Å². The minimum absolute atomic E-state index is 0.0849. The van der Waals surface area contributed by atoms with Gasteiger partial charge in [-0.1, -0.05) is 6.92 Å². The fourth-order valence-electron chi connectivity index (χ4n) is 2.22. The standard InChI is InChI=1S/C14H21N5O/c1-4-12(19-9-6-7-16-19)14(20)18(5-2)11-13-15-8-10-17(13)3/h6-10,12H,4-5,11H2,1-3H3. The number of likely N-dealkylation sites (N-methyl/N-ethyl adjacent to an activating group) is 1. The van der Waals surface area contributed by atoms with E-state index < -0.39 is 0 Å². The molecular weight excluding hydrogens is 254 g/mol. The summed E-state index contributed by atoms with van der Waals surface area (Å²) in [7, 11) is 1.94. The van der Waals surface area contributed by atoms with Crippen molar-refractivity contribution in [2.75, 3.05) is 6.54 Å². The molecule has 2 aromatic rings. The van der Waals surface area contributed by atoms with Crippen LogP contribution in [0.1, 0.15) is 32.1 Å². The minimum Gasteiger partial charge on any atom is -0.337 e. The van der Waals surface area contributed by atoms with E-state index in [0.29, 0.717) is 13.1 Å². The number of amides is 1. The third-order valence-corrected chi connectivity index (χ3v) is 3.46. The lowest BCUT2D eigenvalue weighted by atomic mass is 10.2. The highest BCUT2D eigenvalue weighted by atomic mass is 16.2. The van der Waals surface area contributed by atoms with Crippen LogP contribution >= 0.6 is 0 Å². The molecule has 0 aromatic carbocycles. The maximum atomic E-state index is 12.7. The number of aryl methyl sites for hydroxylation is 1. The summed E-state index contributed by atoms with van der Waals surface area (Å²) in [5.74, 6) is 0.970. The molecule has 0 saturated carbocycles. The Labute approximate surface area is 119 Å². The van der Waals surface area contributed by atoms with E-state index in [1.165, 1.54) is 0 Å². The van der Waals surface area contributed by atoms with Gasteiger partial charge in [0.25, 0.3) is 0 Å². The van der Waals surface area contributed by atoms with E-state index in [9.17, 15) is 4.79 Å². The van der Waals surface area contributed by atoms with Crippen molar-refractivity contribution < 1.29 is 4.79 Å². The maximum absolute atomic E-state index is 12.7. The van der Waals surface area contributed by atoms with Crippen LogP contribution in [0.4, 0.5) is 0 Å². The second-order valence-corrected chi connectivity index (χ2v) is 4.72. The molecule has 0 aliphatic heterocycles. The number of aromatic nitrogens is 4. The van der Waals surface area contributed by atoms with Crippen molar-refractivity contribution in [3.63, 3.8) is 0 Å². The van der Waals surface area contributed by atoms with E-state index in [-0.39, 0.29) is 11.9 Å². The normalized spacial score (nSPS) is 12.3. The third-order valence-electron chi connectivity index (χ3n) is 3.46. The highest BCUT2D eigenvalue weighted by Gasteiger charge is 2.24. The molecule has 1 unspecified atom stereocenters. The van der Waals surface area contributed by atoms with Crippen LogP contribution in [0.15, 0.2) is 30.9 Å². The predicted molar refractivity (Wildman–Crippen MR) is 75.9 cm³/mol. The Hall–Kier alpha value is -2.11. The fourth-order valence-corrected chi connectivity index (χ4v) is 2.22. The number of hydrogen-bond acceptors (Lipinski definition) is 3. The monoisotopic (exact) mass is 275 g/mol. The first kappa shape index (κ1) is 14.3. The van der Waals surface area contributed by atoms with Crippen molar-refractivity contribution >= 4 is 5.91 Å². The summed E-state index contributed by atoms with van der Waals surface area (Å²) in [6.07, 6.45) is 7.89. The van der Waals surface area contributed by atoms with Gasteiger partial charge in [0.15, 0.2) is 0 Å². The number of imidazole rings is 1. The van der Waals surface area contributed by atoms with E-state index in [0.717, 1.165) is 12.2 Å². The SMILES string of the molecule is CCC(C(=O)N(CC)Cc1nccn1C)n1cccn1. The number of hydrogen-bond donors (Lipinski definition) is 0. The first-order valence-corrected chi connectivity index (χ1v) is 6.91. The van der Waals surface area contributed by atoms with Gasteiger partial charge in [0, 0.05) is 38.4 Å². The third kappa shape index (κ3) is 2.89. The smallest absolute Gasteiger partial charge is 0.247 e. The second kappa shape index (κ2) is 6.36. The summed E-state index contributed by atoms with van der Waals surface area (Å²) in [5.41, 5.74) is 0. The molecule has 2 rings (SSSR count). The van der Waals surface area contributed by atoms with E-state index in [4.69, 9.17) is 0 Å². The zero-order valence-corrected chi connectivity index (χ0v) is 12.2. The van der Waals surface area contributed by atoms with Crippen molar-refractivity contribution in [1.82, 2.24) is 24.2 Å². The van der Waals surface area contributed by atoms with Gasteiger partial charge in [0.2, 0.25) is 5.91 Å². The Morgan fingerprint density at radius 3 is 2.65 bits per heavy atom. The van der Waals surface area contributed by atoms with Crippen LogP contribution in [-0.4, -0.2) is 36.7 Å². The summed E-state index contributed by atoms with van der Waals surface area (Å²) in [6, 6.07) is 1.59. The molecule has 20 heavy (non-hydrogen) atoms. The summed E-state index contributed by atoms with van der Waals surface area (Å²) in [5, 5.41) is 4.19. The first-order chi connectivity index (χ1) is 9.67. The van der Waals surface area contributed by atoms with Gasteiger partial charge < -0.3 is 9.47 Å². The Balaban J connectivity index is 2.14. The lowest BCUT2D eigenvalue weighted by molar-refractivity contribution is -0.135. The van der Waals surface area contributed by atoms with E-state index in [1.807, 2.05) is 48.8 Å². The van der Waals surface area contributed by atoms with Gasteiger partial charge in [-0.2, -0.15) is 5.10 Å². The van der Waals surface area contributed by atoms with Crippen molar-refractivity contribution in [3.8, 4) is 0 Å². The molecule has 108 valence electrons. The molecule has 2 heterocycles. The molecular formula is C14H21N5O. The Morgan fingerprint density at radius 1 is 1.35 bits per heavy atom. The maximum Gasteiger partial charge on any atom is 0.247 e. The van der Waals surface area contributed by atoms with Crippen LogP contribution in [0.25, 0.3) is 0 Å². The van der Waals surface area contributed by atoms with Gasteiger partial charge >= 0.3 is 0 Å². The molecule has 0 bridgehead atoms. The van der Waals surface area contributed by atoms with Crippen molar-refractivity contribution in [1.29, 1.82) is 0 Å². The topological polar surface area (TPSA) is 56.0 Å². The summed E-state index contributed by atoms with van der Waals surface area (Å²) >= 11 is 0. The average molecular weight is 275 g/mol. The molecule has 0 N–H and O–H groups in total. The Bertz CT molecular complexity index is 546. The minimum atomic E-state index is -0.245. The number of nitrogens with zero attached hydrogens (tertiary/aromatic N) is 5. The van der Waals surface area contributed by atoms with E-state index >= 15 is 0 Å². The van der Waals surface area contributed by atoms with Gasteiger partial charge in [-0.05, 0) is 19.4 Å². The highest BCUT2D eigenvalue weighted by Crippen LogP contribution is 2.15. The van der Waals surface area contributed by atoms with Crippen molar-refractivity contribution in [2.45, 2.75) is 32.9 Å². The quantitative estimate of drug-likeness (QED) is 0.805. The first-order valence-electron chi connectivity index (χ1n) is 6.91.